The number of aryl methyl sites for hydroxylation is 2. The molecule has 0 bridgehead atoms. The van der Waals surface area contributed by atoms with Crippen molar-refractivity contribution < 1.29 is 26.4 Å². The first kappa shape index (κ1) is 34.6. The lowest BCUT2D eigenvalue weighted by atomic mass is 9.63. The first-order valence-corrected chi connectivity index (χ1v) is 22.3. The highest BCUT2D eigenvalue weighted by molar-refractivity contribution is 7.91. The number of sulfonamides is 2. The van der Waals surface area contributed by atoms with Gasteiger partial charge in [0, 0.05) is 37.6 Å². The number of fused-ring (bicyclic) bond motifs is 4. The van der Waals surface area contributed by atoms with E-state index in [1.807, 2.05) is 11.9 Å². The van der Waals surface area contributed by atoms with Crippen LogP contribution in [0.15, 0.2) is 12.1 Å². The van der Waals surface area contributed by atoms with Gasteiger partial charge < -0.3 is 20.4 Å². The second-order valence-electron chi connectivity index (χ2n) is 17.0. The first-order chi connectivity index (χ1) is 24.8. The molecule has 2 aromatic carbocycles. The molecule has 280 valence electrons. The van der Waals surface area contributed by atoms with Crippen molar-refractivity contribution in [2.24, 2.45) is 17.3 Å². The van der Waals surface area contributed by atoms with E-state index in [4.69, 9.17) is 0 Å². The van der Waals surface area contributed by atoms with Gasteiger partial charge in [0.15, 0.2) is 0 Å². The number of hydrogen-bond donors (Lipinski definition) is 4. The number of nitrogens with one attached hydrogen (secondary N) is 4. The summed E-state index contributed by atoms with van der Waals surface area (Å²) in [5, 5.41) is 4.94. The Morgan fingerprint density at radius 3 is 1.63 bits per heavy atom. The molecule has 4 N–H and O–H groups in total. The number of likely N-dealkylation sites (tertiary alicyclic amines) is 2. The van der Waals surface area contributed by atoms with E-state index in [1.54, 1.807) is 0 Å². The third-order valence-electron chi connectivity index (χ3n) is 13.5. The first-order valence-electron chi connectivity index (χ1n) is 19.2. The standard InChI is InChI=1S/C38H50N6O6S2/c1-3-44-20-38(21-44)16-28(17-38)51(47,48)41-36(45)39-34-30-8-4-6-22(30)10-26-12-24(14-32(26)34)25-13-27-11-23-7-5-9-31(23)35(33(27)15-25)40-37(46)42-52(49,50)29-18-43(2)19-29/h10-11,24-25,28-29H,3-9,12-21H2,1-2H3,(H2,39,41,45)(H2,40,42,46). The zero-order valence-corrected chi connectivity index (χ0v) is 31.8. The number of urea groups is 2. The Labute approximate surface area is 306 Å². The van der Waals surface area contributed by atoms with Gasteiger partial charge in [-0.1, -0.05) is 19.1 Å². The molecule has 2 saturated heterocycles. The Bertz CT molecular complexity index is 2080. The third-order valence-corrected chi connectivity index (χ3v) is 16.8. The van der Waals surface area contributed by atoms with E-state index in [1.165, 1.54) is 22.3 Å². The molecule has 2 aliphatic heterocycles. The summed E-state index contributed by atoms with van der Waals surface area (Å²) in [6, 6.07) is 3.27. The predicted molar refractivity (Wildman–Crippen MR) is 200 cm³/mol. The molecule has 4 amide bonds. The molecule has 1 saturated carbocycles. The minimum absolute atomic E-state index is 0.0962. The second-order valence-corrected chi connectivity index (χ2v) is 20.9. The third kappa shape index (κ3) is 5.92. The SMILES string of the molecule is CCN1CC2(CC(S(=O)(=O)NC(=O)Nc3c4c(cc5c3CC(C3Cc6cc7c(c(NC(=O)NS(=O)(=O)C8CN(C)C8)c6C3)CCC7)C5)CCC4)C2)C1. The molecule has 0 aromatic heterocycles. The van der Waals surface area contributed by atoms with Crippen LogP contribution in [-0.4, -0.2) is 89.0 Å². The smallest absolute Gasteiger partial charge is 0.307 e. The van der Waals surface area contributed by atoms with E-state index >= 15 is 0 Å². The van der Waals surface area contributed by atoms with E-state index in [-0.39, 0.29) is 5.41 Å². The number of amides is 4. The highest BCUT2D eigenvalue weighted by Gasteiger charge is 2.56. The Morgan fingerprint density at radius 2 is 1.17 bits per heavy atom. The molecular weight excluding hydrogens is 701 g/mol. The average molecular weight is 751 g/mol. The van der Waals surface area contributed by atoms with Crippen molar-refractivity contribution in [2.75, 3.05) is 50.4 Å². The quantitative estimate of drug-likeness (QED) is 0.320. The van der Waals surface area contributed by atoms with Crippen molar-refractivity contribution in [1.82, 2.24) is 19.2 Å². The number of anilines is 2. The van der Waals surface area contributed by atoms with Gasteiger partial charge in [-0.25, -0.2) is 35.9 Å². The van der Waals surface area contributed by atoms with Gasteiger partial charge in [-0.15, -0.1) is 0 Å². The molecule has 52 heavy (non-hydrogen) atoms. The fourth-order valence-electron chi connectivity index (χ4n) is 10.8. The van der Waals surface area contributed by atoms with E-state index in [0.29, 0.717) is 37.8 Å². The van der Waals surface area contributed by atoms with Crippen molar-refractivity contribution in [3.05, 3.63) is 56.6 Å². The van der Waals surface area contributed by atoms with Gasteiger partial charge in [-0.05, 0) is 152 Å². The van der Waals surface area contributed by atoms with Crippen molar-refractivity contribution in [2.45, 2.75) is 94.5 Å². The Balaban J connectivity index is 0.900. The van der Waals surface area contributed by atoms with Crippen molar-refractivity contribution in [3.8, 4) is 0 Å². The molecule has 5 aliphatic carbocycles. The van der Waals surface area contributed by atoms with Crippen molar-refractivity contribution >= 4 is 43.5 Å². The summed E-state index contributed by atoms with van der Waals surface area (Å²) in [5.74, 6) is 0.641. The van der Waals surface area contributed by atoms with Crippen LogP contribution in [0.4, 0.5) is 21.0 Å². The molecular formula is C38H50N6O6S2. The number of hydrogen-bond acceptors (Lipinski definition) is 8. The van der Waals surface area contributed by atoms with Crippen LogP contribution in [0.2, 0.25) is 0 Å². The van der Waals surface area contributed by atoms with Gasteiger partial charge in [0.05, 0.1) is 5.25 Å². The summed E-state index contributed by atoms with van der Waals surface area (Å²) in [4.78, 5) is 30.8. The molecule has 9 rings (SSSR count). The molecule has 2 unspecified atom stereocenters. The summed E-state index contributed by atoms with van der Waals surface area (Å²) in [6.45, 7) is 5.80. The Kier molecular flexibility index (Phi) is 8.26. The lowest BCUT2D eigenvalue weighted by molar-refractivity contribution is -0.0537. The van der Waals surface area contributed by atoms with Gasteiger partial charge in [0.25, 0.3) is 0 Å². The Hall–Kier alpha value is -3.20. The van der Waals surface area contributed by atoms with E-state index in [0.717, 1.165) is 117 Å². The van der Waals surface area contributed by atoms with Crippen molar-refractivity contribution in [1.29, 1.82) is 0 Å². The zero-order chi connectivity index (χ0) is 36.2. The van der Waals surface area contributed by atoms with Gasteiger partial charge in [0.1, 0.15) is 5.25 Å². The van der Waals surface area contributed by atoms with Crippen LogP contribution in [0.3, 0.4) is 0 Å². The summed E-state index contributed by atoms with van der Waals surface area (Å²) in [5.41, 5.74) is 11.1. The minimum Gasteiger partial charge on any atom is -0.307 e. The number of carbonyl (C=O) groups excluding carboxylic acids is 2. The summed E-state index contributed by atoms with van der Waals surface area (Å²) in [6.07, 6.45) is 10.2. The second kappa shape index (κ2) is 12.4. The van der Waals surface area contributed by atoms with Crippen LogP contribution in [0.1, 0.15) is 77.1 Å². The number of benzene rings is 2. The maximum atomic E-state index is 13.4. The molecule has 2 atom stereocenters. The molecule has 2 heterocycles. The highest BCUT2D eigenvalue weighted by Crippen LogP contribution is 2.51. The zero-order valence-electron chi connectivity index (χ0n) is 30.1. The molecule has 12 nitrogen and oxygen atoms in total. The van der Waals surface area contributed by atoms with Crippen LogP contribution in [-0.2, 0) is 71.4 Å². The van der Waals surface area contributed by atoms with Crippen LogP contribution in [0.25, 0.3) is 0 Å². The van der Waals surface area contributed by atoms with Gasteiger partial charge in [0.2, 0.25) is 20.0 Å². The molecule has 1 spiro atoms. The fraction of sp³-hybridized carbons (Fsp3) is 0.632. The summed E-state index contributed by atoms with van der Waals surface area (Å²) in [7, 11) is -5.69. The highest BCUT2D eigenvalue weighted by atomic mass is 32.2. The summed E-state index contributed by atoms with van der Waals surface area (Å²) < 4.78 is 56.8. The predicted octanol–water partition coefficient (Wildman–Crippen LogP) is 3.49. The fourth-order valence-corrected chi connectivity index (χ4v) is 13.8. The van der Waals surface area contributed by atoms with Crippen LogP contribution in [0, 0.1) is 17.3 Å². The molecule has 3 fully saturated rings. The largest absolute Gasteiger partial charge is 0.332 e. The maximum absolute atomic E-state index is 13.4. The Morgan fingerprint density at radius 1 is 0.692 bits per heavy atom. The van der Waals surface area contributed by atoms with Crippen LogP contribution < -0.4 is 20.1 Å². The van der Waals surface area contributed by atoms with Gasteiger partial charge >= 0.3 is 12.1 Å². The molecule has 0 radical (unpaired) electrons. The van der Waals surface area contributed by atoms with Crippen LogP contribution in [0.5, 0.6) is 0 Å². The summed E-state index contributed by atoms with van der Waals surface area (Å²) >= 11 is 0. The number of rotatable bonds is 8. The van der Waals surface area contributed by atoms with E-state index in [2.05, 4.69) is 44.0 Å². The topological polar surface area (TPSA) is 157 Å². The number of carbonyl (C=O) groups is 2. The van der Waals surface area contributed by atoms with Crippen LogP contribution >= 0.6 is 0 Å². The van der Waals surface area contributed by atoms with Crippen molar-refractivity contribution in [3.63, 3.8) is 0 Å². The average Bonchev–Trinajstić information content (AvgIpc) is 3.83. The maximum Gasteiger partial charge on any atom is 0.332 e. The molecule has 7 aliphatic rings. The lowest BCUT2D eigenvalue weighted by Crippen LogP contribution is -2.65. The number of nitrogens with zero attached hydrogens (tertiary/aromatic N) is 2. The molecule has 14 heteroatoms. The van der Waals surface area contributed by atoms with E-state index < -0.39 is 42.6 Å². The van der Waals surface area contributed by atoms with E-state index in [9.17, 15) is 26.4 Å². The van der Waals surface area contributed by atoms with Gasteiger partial charge in [-0.3, -0.25) is 0 Å². The monoisotopic (exact) mass is 750 g/mol. The lowest BCUT2D eigenvalue weighted by Gasteiger charge is -2.58. The molecule has 2 aromatic rings. The van der Waals surface area contributed by atoms with Gasteiger partial charge in [-0.2, -0.15) is 0 Å². The minimum atomic E-state index is -3.78. The normalized spacial score (nSPS) is 25.0.